The van der Waals surface area contributed by atoms with Crippen LogP contribution < -0.4 is 11.1 Å². The fourth-order valence-electron chi connectivity index (χ4n) is 1.91. The third-order valence-electron chi connectivity index (χ3n) is 3.00. The number of aryl methyl sites for hydroxylation is 1. The maximum absolute atomic E-state index is 13.3. The average molecular weight is 272 g/mol. The molecule has 2 aromatic carbocycles. The molecule has 3 N–H and O–H groups in total. The monoisotopic (exact) mass is 272 g/mol. The van der Waals surface area contributed by atoms with Crippen molar-refractivity contribution in [2.45, 2.75) is 19.3 Å². The molecule has 0 saturated heterocycles. The number of halogens is 1. The van der Waals surface area contributed by atoms with Gasteiger partial charge in [0, 0.05) is 12.1 Å². The van der Waals surface area contributed by atoms with E-state index in [-0.39, 0.29) is 11.6 Å². The molecule has 0 atom stereocenters. The molecular weight excluding hydrogens is 255 g/mol. The molecule has 0 fully saturated rings. The molecule has 0 unspecified atom stereocenters. The van der Waals surface area contributed by atoms with Gasteiger partial charge in [-0.2, -0.15) is 0 Å². The van der Waals surface area contributed by atoms with Gasteiger partial charge in [-0.25, -0.2) is 4.39 Å². The van der Waals surface area contributed by atoms with Gasteiger partial charge in [-0.15, -0.1) is 0 Å². The largest absolute Gasteiger partial charge is 0.399 e. The van der Waals surface area contributed by atoms with Crippen molar-refractivity contribution >= 4 is 17.3 Å². The standard InChI is InChI=1S/C16H17FN2O/c17-14-5-1-2-6-15(14)19-16(20)7-3-4-12-8-10-13(18)11-9-12/h1-2,5-6,8-11H,3-4,7,18H2,(H,19,20). The topological polar surface area (TPSA) is 55.1 Å². The molecule has 4 heteroatoms. The van der Waals surface area contributed by atoms with Gasteiger partial charge in [0.15, 0.2) is 0 Å². The van der Waals surface area contributed by atoms with E-state index in [0.717, 1.165) is 17.7 Å². The van der Waals surface area contributed by atoms with E-state index in [9.17, 15) is 9.18 Å². The molecule has 104 valence electrons. The summed E-state index contributed by atoms with van der Waals surface area (Å²) in [5.41, 5.74) is 7.70. The Balaban J connectivity index is 1.78. The third kappa shape index (κ3) is 4.09. The number of rotatable bonds is 5. The number of amides is 1. The maximum Gasteiger partial charge on any atom is 0.224 e. The number of hydrogen-bond acceptors (Lipinski definition) is 2. The van der Waals surface area contributed by atoms with E-state index >= 15 is 0 Å². The van der Waals surface area contributed by atoms with Crippen LogP contribution in [0.2, 0.25) is 0 Å². The molecule has 0 heterocycles. The first kappa shape index (κ1) is 14.1. The van der Waals surface area contributed by atoms with Crippen molar-refractivity contribution in [2.75, 3.05) is 11.1 Å². The summed E-state index contributed by atoms with van der Waals surface area (Å²) in [4.78, 5) is 11.7. The molecule has 0 spiro atoms. The zero-order valence-electron chi connectivity index (χ0n) is 11.1. The number of nitrogens with one attached hydrogen (secondary N) is 1. The van der Waals surface area contributed by atoms with Gasteiger partial charge in [-0.1, -0.05) is 24.3 Å². The van der Waals surface area contributed by atoms with Gasteiger partial charge in [0.05, 0.1) is 5.69 Å². The molecule has 0 aliphatic heterocycles. The minimum Gasteiger partial charge on any atom is -0.399 e. The molecule has 0 aliphatic rings. The van der Waals surface area contributed by atoms with Gasteiger partial charge in [-0.3, -0.25) is 4.79 Å². The summed E-state index contributed by atoms with van der Waals surface area (Å²) in [7, 11) is 0. The second-order valence-electron chi connectivity index (χ2n) is 4.62. The Labute approximate surface area is 117 Å². The Bertz CT molecular complexity index is 581. The van der Waals surface area contributed by atoms with Crippen LogP contribution in [0.1, 0.15) is 18.4 Å². The molecule has 0 bridgehead atoms. The van der Waals surface area contributed by atoms with Crippen molar-refractivity contribution in [1.29, 1.82) is 0 Å². The average Bonchev–Trinajstić information content (AvgIpc) is 2.44. The van der Waals surface area contributed by atoms with Crippen molar-refractivity contribution < 1.29 is 9.18 Å². The summed E-state index contributed by atoms with van der Waals surface area (Å²) in [5, 5.41) is 2.57. The Hall–Kier alpha value is -2.36. The first-order valence-electron chi connectivity index (χ1n) is 6.54. The lowest BCUT2D eigenvalue weighted by Crippen LogP contribution is -2.12. The quantitative estimate of drug-likeness (QED) is 0.820. The van der Waals surface area contributed by atoms with Crippen molar-refractivity contribution in [2.24, 2.45) is 0 Å². The Kier molecular flexibility index (Phi) is 4.71. The van der Waals surface area contributed by atoms with Gasteiger partial charge in [0.25, 0.3) is 0 Å². The minimum absolute atomic E-state index is 0.175. The lowest BCUT2D eigenvalue weighted by atomic mass is 10.1. The molecule has 0 aliphatic carbocycles. The number of anilines is 2. The normalized spacial score (nSPS) is 10.2. The van der Waals surface area contributed by atoms with Gasteiger partial charge < -0.3 is 11.1 Å². The van der Waals surface area contributed by atoms with Crippen LogP contribution in [0.3, 0.4) is 0 Å². The number of nitrogens with two attached hydrogens (primary N) is 1. The predicted octanol–water partition coefficient (Wildman–Crippen LogP) is 3.37. The predicted molar refractivity (Wildman–Crippen MR) is 78.8 cm³/mol. The smallest absolute Gasteiger partial charge is 0.224 e. The van der Waals surface area contributed by atoms with Crippen LogP contribution in [0.5, 0.6) is 0 Å². The van der Waals surface area contributed by atoms with E-state index in [0.29, 0.717) is 12.8 Å². The molecule has 3 nitrogen and oxygen atoms in total. The number of nitrogen functional groups attached to an aromatic ring is 1. The summed E-state index contributed by atoms with van der Waals surface area (Å²) in [6, 6.07) is 13.7. The first-order valence-corrected chi connectivity index (χ1v) is 6.54. The van der Waals surface area contributed by atoms with Crippen LogP contribution >= 0.6 is 0 Å². The van der Waals surface area contributed by atoms with Crippen LogP contribution in [0.15, 0.2) is 48.5 Å². The Morgan fingerprint density at radius 3 is 2.50 bits per heavy atom. The molecule has 0 aromatic heterocycles. The highest BCUT2D eigenvalue weighted by molar-refractivity contribution is 5.90. The summed E-state index contributed by atoms with van der Waals surface area (Å²) in [5.74, 6) is -0.593. The molecule has 0 radical (unpaired) electrons. The summed E-state index contributed by atoms with van der Waals surface area (Å²) >= 11 is 0. The molecule has 20 heavy (non-hydrogen) atoms. The van der Waals surface area contributed by atoms with E-state index in [1.54, 1.807) is 18.2 Å². The molecule has 0 saturated carbocycles. The number of carbonyl (C=O) groups is 1. The van der Waals surface area contributed by atoms with E-state index in [2.05, 4.69) is 5.32 Å². The molecule has 2 aromatic rings. The number of para-hydroxylation sites is 1. The first-order chi connectivity index (χ1) is 9.65. The molecule has 1 amide bonds. The Morgan fingerprint density at radius 2 is 1.80 bits per heavy atom. The van der Waals surface area contributed by atoms with Crippen LogP contribution in [0.4, 0.5) is 15.8 Å². The maximum atomic E-state index is 13.3. The summed E-state index contributed by atoms with van der Waals surface area (Å²) < 4.78 is 13.3. The van der Waals surface area contributed by atoms with E-state index in [4.69, 9.17) is 5.73 Å². The van der Waals surface area contributed by atoms with Crippen molar-refractivity contribution in [3.05, 3.63) is 59.9 Å². The van der Waals surface area contributed by atoms with Crippen LogP contribution in [0.25, 0.3) is 0 Å². The lowest BCUT2D eigenvalue weighted by Gasteiger charge is -2.06. The van der Waals surface area contributed by atoms with Crippen LogP contribution in [0, 0.1) is 5.82 Å². The third-order valence-corrected chi connectivity index (χ3v) is 3.00. The number of benzene rings is 2. The van der Waals surface area contributed by atoms with Crippen LogP contribution in [-0.4, -0.2) is 5.91 Å². The van der Waals surface area contributed by atoms with Crippen molar-refractivity contribution in [3.8, 4) is 0 Å². The number of carbonyl (C=O) groups excluding carboxylic acids is 1. The highest BCUT2D eigenvalue weighted by Gasteiger charge is 2.06. The summed E-state index contributed by atoms with van der Waals surface area (Å²) in [6.45, 7) is 0. The fraction of sp³-hybridized carbons (Fsp3) is 0.188. The Morgan fingerprint density at radius 1 is 1.10 bits per heavy atom. The summed E-state index contributed by atoms with van der Waals surface area (Å²) in [6.07, 6.45) is 1.87. The van der Waals surface area contributed by atoms with Gasteiger partial charge >= 0.3 is 0 Å². The second-order valence-corrected chi connectivity index (χ2v) is 4.62. The SMILES string of the molecule is Nc1ccc(CCCC(=O)Nc2ccccc2F)cc1. The molecule has 2 rings (SSSR count). The van der Waals surface area contributed by atoms with E-state index in [1.807, 2.05) is 24.3 Å². The van der Waals surface area contributed by atoms with Crippen molar-refractivity contribution in [1.82, 2.24) is 0 Å². The second kappa shape index (κ2) is 6.70. The minimum atomic E-state index is -0.417. The van der Waals surface area contributed by atoms with Crippen LogP contribution in [-0.2, 0) is 11.2 Å². The van der Waals surface area contributed by atoms with E-state index < -0.39 is 5.82 Å². The highest BCUT2D eigenvalue weighted by Crippen LogP contribution is 2.13. The van der Waals surface area contributed by atoms with Crippen molar-refractivity contribution in [3.63, 3.8) is 0 Å². The zero-order chi connectivity index (χ0) is 14.4. The highest BCUT2D eigenvalue weighted by atomic mass is 19.1. The fourth-order valence-corrected chi connectivity index (χ4v) is 1.91. The lowest BCUT2D eigenvalue weighted by molar-refractivity contribution is -0.116. The zero-order valence-corrected chi connectivity index (χ0v) is 11.1. The number of hydrogen-bond donors (Lipinski definition) is 2. The van der Waals surface area contributed by atoms with E-state index in [1.165, 1.54) is 6.07 Å². The van der Waals surface area contributed by atoms with Gasteiger partial charge in [0.2, 0.25) is 5.91 Å². The van der Waals surface area contributed by atoms with Gasteiger partial charge in [-0.05, 0) is 42.7 Å². The molecular formula is C16H17FN2O. The van der Waals surface area contributed by atoms with Gasteiger partial charge in [0.1, 0.15) is 5.82 Å².